The average Bonchev–Trinajstić information content (AvgIpc) is 3.03. The molecule has 6 heteroatoms. The van der Waals surface area contributed by atoms with Crippen LogP contribution in [-0.4, -0.2) is 28.3 Å². The summed E-state index contributed by atoms with van der Waals surface area (Å²) in [5.41, 5.74) is 4.98. The smallest absolute Gasteiger partial charge is 0.191 e. The average molecular weight is 348 g/mol. The first-order chi connectivity index (χ1) is 11.4. The molecule has 1 unspecified atom stereocenters. The molecule has 0 aliphatic carbocycles. The number of nitrogens with one attached hydrogen (secondary N) is 2. The van der Waals surface area contributed by atoms with E-state index in [1.807, 2.05) is 11.7 Å². The molecule has 2 heterocycles. The third-order valence-electron chi connectivity index (χ3n) is 4.25. The van der Waals surface area contributed by atoms with Crippen molar-refractivity contribution in [3.05, 3.63) is 38.8 Å². The van der Waals surface area contributed by atoms with Gasteiger partial charge in [-0.15, -0.1) is 11.3 Å². The highest BCUT2D eigenvalue weighted by molar-refractivity contribution is 7.10. The first-order valence-electron chi connectivity index (χ1n) is 8.49. The van der Waals surface area contributed by atoms with Gasteiger partial charge in [-0.3, -0.25) is 4.68 Å². The van der Waals surface area contributed by atoms with Gasteiger partial charge in [-0.25, -0.2) is 4.99 Å². The summed E-state index contributed by atoms with van der Waals surface area (Å²) in [5, 5.41) is 13.5. The molecule has 0 fully saturated rings. The molecule has 0 aromatic carbocycles. The van der Waals surface area contributed by atoms with Crippen molar-refractivity contribution in [2.75, 3.05) is 6.54 Å². The van der Waals surface area contributed by atoms with Crippen molar-refractivity contribution >= 4 is 17.3 Å². The normalized spacial score (nSPS) is 13.2. The molecule has 2 N–H and O–H groups in total. The lowest BCUT2D eigenvalue weighted by molar-refractivity contribution is 0.636. The summed E-state index contributed by atoms with van der Waals surface area (Å²) in [6.45, 7) is 12.2. The zero-order valence-electron chi connectivity index (χ0n) is 15.6. The van der Waals surface area contributed by atoms with Crippen molar-refractivity contribution < 1.29 is 0 Å². The Hall–Kier alpha value is -1.82. The molecule has 1 atom stereocenters. The van der Waals surface area contributed by atoms with Crippen LogP contribution in [0.4, 0.5) is 0 Å². The van der Waals surface area contributed by atoms with Crippen LogP contribution in [0, 0.1) is 20.8 Å². The summed E-state index contributed by atoms with van der Waals surface area (Å²) >= 11 is 1.76. The van der Waals surface area contributed by atoms with E-state index in [1.165, 1.54) is 21.7 Å². The van der Waals surface area contributed by atoms with Gasteiger partial charge in [0.1, 0.15) is 0 Å². The highest BCUT2D eigenvalue weighted by Crippen LogP contribution is 2.16. The van der Waals surface area contributed by atoms with Crippen molar-refractivity contribution in [3.8, 4) is 0 Å². The van der Waals surface area contributed by atoms with Crippen LogP contribution in [0.25, 0.3) is 0 Å². The van der Waals surface area contributed by atoms with E-state index in [9.17, 15) is 0 Å². The maximum absolute atomic E-state index is 4.73. The quantitative estimate of drug-likeness (QED) is 0.624. The molecule has 5 nitrogen and oxygen atoms in total. The highest BCUT2D eigenvalue weighted by atomic mass is 32.1. The van der Waals surface area contributed by atoms with Gasteiger partial charge in [0, 0.05) is 30.2 Å². The maximum Gasteiger partial charge on any atom is 0.191 e. The monoisotopic (exact) mass is 347 g/mol. The van der Waals surface area contributed by atoms with Crippen molar-refractivity contribution in [1.29, 1.82) is 0 Å². The van der Waals surface area contributed by atoms with Crippen LogP contribution in [-0.2, 0) is 20.0 Å². The minimum Gasteiger partial charge on any atom is -0.357 e. The fraction of sp³-hybridized carbons (Fsp3) is 0.556. The number of guanidine groups is 1. The molecule has 0 aliphatic rings. The number of hydrogen-bond acceptors (Lipinski definition) is 3. The third-order valence-corrected chi connectivity index (χ3v) is 5.25. The molecule has 0 radical (unpaired) electrons. The molecular formula is C18H29N5S. The molecule has 0 saturated heterocycles. The summed E-state index contributed by atoms with van der Waals surface area (Å²) in [6.07, 6.45) is 0.938. The van der Waals surface area contributed by atoms with E-state index >= 15 is 0 Å². The SMILES string of the molecule is CCNC(=NCc1sccc1C)NC(C)Cc1c(C)nn(C)c1C. The molecule has 2 rings (SSSR count). The summed E-state index contributed by atoms with van der Waals surface area (Å²) in [7, 11) is 2.00. The Labute approximate surface area is 149 Å². The standard InChI is InChI=1S/C18H29N5S/c1-7-19-18(20-11-17-12(2)8-9-24-17)21-13(3)10-16-14(4)22-23(6)15(16)5/h8-9,13H,7,10-11H2,1-6H3,(H2,19,20,21). The van der Waals surface area contributed by atoms with Crippen molar-refractivity contribution in [3.63, 3.8) is 0 Å². The van der Waals surface area contributed by atoms with Crippen molar-refractivity contribution in [2.45, 2.75) is 53.6 Å². The van der Waals surface area contributed by atoms with Crippen LogP contribution in [0.3, 0.4) is 0 Å². The van der Waals surface area contributed by atoms with E-state index in [1.54, 1.807) is 11.3 Å². The van der Waals surface area contributed by atoms with Crippen LogP contribution in [0.1, 0.15) is 41.2 Å². The zero-order valence-corrected chi connectivity index (χ0v) is 16.4. The predicted molar refractivity (Wildman–Crippen MR) is 103 cm³/mol. The van der Waals surface area contributed by atoms with Gasteiger partial charge in [-0.2, -0.15) is 5.10 Å². The van der Waals surface area contributed by atoms with Gasteiger partial charge in [0.2, 0.25) is 0 Å². The number of thiophene rings is 1. The molecule has 24 heavy (non-hydrogen) atoms. The highest BCUT2D eigenvalue weighted by Gasteiger charge is 2.14. The minimum absolute atomic E-state index is 0.286. The van der Waals surface area contributed by atoms with Crippen LogP contribution < -0.4 is 10.6 Å². The topological polar surface area (TPSA) is 54.2 Å². The largest absolute Gasteiger partial charge is 0.357 e. The number of nitrogens with zero attached hydrogens (tertiary/aromatic N) is 3. The molecule has 2 aromatic heterocycles. The van der Waals surface area contributed by atoms with Gasteiger partial charge >= 0.3 is 0 Å². The second-order valence-electron chi connectivity index (χ2n) is 6.24. The summed E-state index contributed by atoms with van der Waals surface area (Å²) in [4.78, 5) is 6.05. The Morgan fingerprint density at radius 1 is 1.38 bits per heavy atom. The van der Waals surface area contributed by atoms with Gasteiger partial charge in [0.15, 0.2) is 5.96 Å². The van der Waals surface area contributed by atoms with Crippen molar-refractivity contribution in [2.24, 2.45) is 12.0 Å². The van der Waals surface area contributed by atoms with Gasteiger partial charge in [0.05, 0.1) is 12.2 Å². The molecule has 132 valence electrons. The number of rotatable bonds is 6. The Morgan fingerprint density at radius 2 is 2.12 bits per heavy atom. The Balaban J connectivity index is 2.02. The van der Waals surface area contributed by atoms with E-state index in [-0.39, 0.29) is 6.04 Å². The van der Waals surface area contributed by atoms with Crippen LogP contribution in [0.2, 0.25) is 0 Å². The van der Waals surface area contributed by atoms with Crippen molar-refractivity contribution in [1.82, 2.24) is 20.4 Å². The molecule has 0 amide bonds. The van der Waals surface area contributed by atoms with Gasteiger partial charge in [0.25, 0.3) is 0 Å². The summed E-state index contributed by atoms with van der Waals surface area (Å²) < 4.78 is 1.95. The van der Waals surface area contributed by atoms with Crippen LogP contribution in [0.15, 0.2) is 16.4 Å². The van der Waals surface area contributed by atoms with Gasteiger partial charge in [-0.1, -0.05) is 0 Å². The van der Waals surface area contributed by atoms with Crippen LogP contribution in [0.5, 0.6) is 0 Å². The van der Waals surface area contributed by atoms with Gasteiger partial charge in [-0.05, 0) is 63.6 Å². The minimum atomic E-state index is 0.286. The second kappa shape index (κ2) is 8.33. The number of aliphatic imine (C=N–C) groups is 1. The molecule has 2 aromatic rings. The van der Waals surface area contributed by atoms with E-state index in [2.05, 4.69) is 61.8 Å². The fourth-order valence-corrected chi connectivity index (χ4v) is 3.57. The number of aromatic nitrogens is 2. The number of hydrogen-bond donors (Lipinski definition) is 2. The Bertz CT molecular complexity index is 698. The van der Waals surface area contributed by atoms with E-state index in [0.717, 1.165) is 31.2 Å². The first-order valence-corrected chi connectivity index (χ1v) is 9.37. The second-order valence-corrected chi connectivity index (χ2v) is 7.25. The Morgan fingerprint density at radius 3 is 2.67 bits per heavy atom. The molecule has 0 spiro atoms. The maximum atomic E-state index is 4.73. The van der Waals surface area contributed by atoms with E-state index < -0.39 is 0 Å². The number of aryl methyl sites for hydroxylation is 3. The molecular weight excluding hydrogens is 318 g/mol. The summed E-state index contributed by atoms with van der Waals surface area (Å²) in [6, 6.07) is 2.43. The van der Waals surface area contributed by atoms with E-state index in [0.29, 0.717) is 0 Å². The summed E-state index contributed by atoms with van der Waals surface area (Å²) in [5.74, 6) is 0.872. The Kier molecular flexibility index (Phi) is 6.43. The predicted octanol–water partition coefficient (Wildman–Crippen LogP) is 3.09. The van der Waals surface area contributed by atoms with E-state index in [4.69, 9.17) is 4.99 Å². The lowest BCUT2D eigenvalue weighted by Gasteiger charge is -2.18. The zero-order chi connectivity index (χ0) is 17.7. The van der Waals surface area contributed by atoms with Crippen LogP contribution >= 0.6 is 11.3 Å². The molecule has 0 aliphatic heterocycles. The third kappa shape index (κ3) is 4.60. The fourth-order valence-electron chi connectivity index (χ4n) is 2.74. The molecule has 0 bridgehead atoms. The first kappa shape index (κ1) is 18.5. The molecule has 0 saturated carbocycles. The lowest BCUT2D eigenvalue weighted by atomic mass is 10.1. The lowest BCUT2D eigenvalue weighted by Crippen LogP contribution is -2.43. The van der Waals surface area contributed by atoms with Gasteiger partial charge < -0.3 is 10.6 Å².